The first-order valence-corrected chi connectivity index (χ1v) is 10.2. The van der Waals surface area contributed by atoms with Gasteiger partial charge in [-0.1, -0.05) is 24.3 Å². The third kappa shape index (κ3) is 2.63. The lowest BCUT2D eigenvalue weighted by atomic mass is 10.2. The minimum Gasteiger partial charge on any atom is -0.354 e. The number of hydrogen-bond donors (Lipinski definition) is 2. The molecule has 1 aliphatic carbocycles. The second-order valence-corrected chi connectivity index (χ2v) is 7.99. The number of aryl methyl sites for hydroxylation is 1. The molecule has 6 heteroatoms. The van der Waals surface area contributed by atoms with Crippen LogP contribution in [0.4, 0.5) is 5.82 Å². The summed E-state index contributed by atoms with van der Waals surface area (Å²) >= 11 is 0. The first kappa shape index (κ1) is 16.7. The summed E-state index contributed by atoms with van der Waals surface area (Å²) in [6, 6.07) is 15.1. The van der Waals surface area contributed by atoms with Crippen molar-refractivity contribution in [2.75, 3.05) is 31.1 Å². The maximum atomic E-state index is 4.41. The summed E-state index contributed by atoms with van der Waals surface area (Å²) < 4.78 is 2.16. The van der Waals surface area contributed by atoms with Crippen molar-refractivity contribution in [2.45, 2.75) is 6.54 Å². The Hall–Kier alpha value is -3.25. The second-order valence-electron chi connectivity index (χ2n) is 7.99. The van der Waals surface area contributed by atoms with E-state index in [-0.39, 0.29) is 0 Å². The highest BCUT2D eigenvalue weighted by Crippen LogP contribution is 2.40. The Balaban J connectivity index is 1.22. The van der Waals surface area contributed by atoms with Crippen LogP contribution in [0.25, 0.3) is 33.1 Å². The van der Waals surface area contributed by atoms with E-state index in [1.54, 1.807) is 0 Å². The zero-order chi connectivity index (χ0) is 19.4. The molecule has 1 aromatic carbocycles. The molecule has 0 saturated carbocycles. The SMILES string of the molecule is Cn1[nH]c(N2CCN(Cc3c[nH]c4ncccc34)CC2)c2cc3ccccc3c1-2. The molecule has 0 spiro atoms. The normalized spacial score (nSPS) is 15.8. The highest BCUT2D eigenvalue weighted by Gasteiger charge is 2.25. The van der Waals surface area contributed by atoms with Gasteiger partial charge in [-0.05, 0) is 29.1 Å². The summed E-state index contributed by atoms with van der Waals surface area (Å²) in [5.41, 5.74) is 4.93. The fourth-order valence-electron chi connectivity index (χ4n) is 4.78. The van der Waals surface area contributed by atoms with Crippen molar-refractivity contribution in [2.24, 2.45) is 7.05 Å². The number of piperazine rings is 1. The van der Waals surface area contributed by atoms with Crippen molar-refractivity contribution in [3.8, 4) is 11.3 Å². The number of rotatable bonds is 3. The lowest BCUT2D eigenvalue weighted by Gasteiger charge is -2.35. The van der Waals surface area contributed by atoms with E-state index in [0.29, 0.717) is 0 Å². The zero-order valence-electron chi connectivity index (χ0n) is 16.5. The first-order valence-electron chi connectivity index (χ1n) is 10.2. The maximum Gasteiger partial charge on any atom is 0.137 e. The number of aromatic nitrogens is 4. The quantitative estimate of drug-likeness (QED) is 0.497. The number of benzene rings is 1. The van der Waals surface area contributed by atoms with Gasteiger partial charge in [0.15, 0.2) is 0 Å². The maximum absolute atomic E-state index is 4.41. The van der Waals surface area contributed by atoms with E-state index in [0.717, 1.165) is 38.4 Å². The lowest BCUT2D eigenvalue weighted by molar-refractivity contribution is 0.250. The number of fused-ring (bicyclic) bond motifs is 4. The minimum absolute atomic E-state index is 0.966. The summed E-state index contributed by atoms with van der Waals surface area (Å²) in [6.45, 7) is 5.12. The van der Waals surface area contributed by atoms with Gasteiger partial charge in [0.05, 0.1) is 5.69 Å². The topological polar surface area (TPSA) is 55.9 Å². The molecule has 1 saturated heterocycles. The van der Waals surface area contributed by atoms with Crippen molar-refractivity contribution in [1.29, 1.82) is 0 Å². The fourth-order valence-corrected chi connectivity index (χ4v) is 4.78. The van der Waals surface area contributed by atoms with E-state index in [9.17, 15) is 0 Å². The molecule has 6 rings (SSSR count). The predicted molar refractivity (Wildman–Crippen MR) is 117 cm³/mol. The van der Waals surface area contributed by atoms with Crippen LogP contribution in [-0.4, -0.2) is 50.8 Å². The molecule has 2 N–H and O–H groups in total. The largest absolute Gasteiger partial charge is 0.354 e. The van der Waals surface area contributed by atoms with Gasteiger partial charge in [-0.2, -0.15) is 0 Å². The van der Waals surface area contributed by atoms with Gasteiger partial charge in [0.2, 0.25) is 0 Å². The molecular weight excluding hydrogens is 360 g/mol. The van der Waals surface area contributed by atoms with Crippen molar-refractivity contribution in [3.63, 3.8) is 0 Å². The van der Waals surface area contributed by atoms with Gasteiger partial charge in [-0.15, -0.1) is 0 Å². The van der Waals surface area contributed by atoms with Crippen molar-refractivity contribution in [1.82, 2.24) is 24.6 Å². The Morgan fingerprint density at radius 3 is 2.72 bits per heavy atom. The van der Waals surface area contributed by atoms with Crippen molar-refractivity contribution in [3.05, 3.63) is 60.4 Å². The van der Waals surface area contributed by atoms with Gasteiger partial charge in [0.25, 0.3) is 0 Å². The van der Waals surface area contributed by atoms with E-state index in [1.165, 1.54) is 38.8 Å². The molecule has 2 aromatic heterocycles. The number of hydrogen-bond acceptors (Lipinski definition) is 3. The first-order chi connectivity index (χ1) is 14.3. The molecule has 146 valence electrons. The highest BCUT2D eigenvalue weighted by atomic mass is 15.4. The number of H-pyrrole nitrogens is 2. The highest BCUT2D eigenvalue weighted by molar-refractivity contribution is 6.04. The average molecular weight is 384 g/mol. The van der Waals surface area contributed by atoms with Gasteiger partial charge in [0, 0.05) is 68.5 Å². The molecule has 0 unspecified atom stereocenters. The lowest BCUT2D eigenvalue weighted by Crippen LogP contribution is -2.46. The molecule has 29 heavy (non-hydrogen) atoms. The van der Waals surface area contributed by atoms with Gasteiger partial charge < -0.3 is 9.88 Å². The number of nitrogens with one attached hydrogen (secondary N) is 2. The summed E-state index contributed by atoms with van der Waals surface area (Å²) in [5.74, 6) is 1.25. The standard InChI is InChI=1S/C23H24N6/c1-27-21-18-6-3-2-5-16(18)13-20(21)23(26-27)29-11-9-28(10-12-29)15-17-14-25-22-19(17)7-4-8-24-22/h2-8,13-14,26H,9-12,15H2,1H3,(H,24,25). The van der Waals surface area contributed by atoms with E-state index in [4.69, 9.17) is 0 Å². The van der Waals surface area contributed by atoms with Crippen molar-refractivity contribution < 1.29 is 0 Å². The molecule has 0 atom stereocenters. The molecule has 3 aromatic rings. The van der Waals surface area contributed by atoms with Crippen LogP contribution < -0.4 is 4.90 Å². The summed E-state index contributed by atoms with van der Waals surface area (Å²) in [5, 5.41) is 7.46. The van der Waals surface area contributed by atoms with Gasteiger partial charge >= 0.3 is 0 Å². The average Bonchev–Trinajstić information content (AvgIpc) is 3.42. The van der Waals surface area contributed by atoms with Crippen LogP contribution in [0.5, 0.6) is 0 Å². The monoisotopic (exact) mass is 384 g/mol. The molecule has 0 amide bonds. The zero-order valence-corrected chi connectivity index (χ0v) is 16.5. The number of pyridine rings is 1. The Morgan fingerprint density at radius 2 is 1.83 bits per heavy atom. The van der Waals surface area contributed by atoms with E-state index in [2.05, 4.69) is 79.2 Å². The predicted octanol–water partition coefficient (Wildman–Crippen LogP) is 3.81. The minimum atomic E-state index is 0.966. The van der Waals surface area contributed by atoms with Crippen LogP contribution >= 0.6 is 0 Å². The van der Waals surface area contributed by atoms with Crippen LogP contribution in [0.2, 0.25) is 0 Å². The van der Waals surface area contributed by atoms with Crippen LogP contribution in [0.3, 0.4) is 0 Å². The van der Waals surface area contributed by atoms with Gasteiger partial charge in [0.1, 0.15) is 11.5 Å². The second kappa shape index (κ2) is 6.39. The Labute approximate surface area is 169 Å². The van der Waals surface area contributed by atoms with E-state index in [1.807, 2.05) is 12.3 Å². The smallest absolute Gasteiger partial charge is 0.137 e. The molecule has 2 aliphatic heterocycles. The number of aromatic amines is 2. The van der Waals surface area contributed by atoms with Crippen molar-refractivity contribution >= 4 is 27.6 Å². The third-order valence-electron chi connectivity index (χ3n) is 6.25. The molecular formula is C23H24N6. The summed E-state index contributed by atoms with van der Waals surface area (Å²) in [6.07, 6.45) is 3.94. The van der Waals surface area contributed by atoms with E-state index < -0.39 is 0 Å². The van der Waals surface area contributed by atoms with E-state index >= 15 is 0 Å². The van der Waals surface area contributed by atoms with Gasteiger partial charge in [-0.3, -0.25) is 14.7 Å². The summed E-state index contributed by atoms with van der Waals surface area (Å²) in [4.78, 5) is 12.7. The van der Waals surface area contributed by atoms with Crippen LogP contribution in [0.15, 0.2) is 54.9 Å². The Kier molecular flexibility index (Phi) is 3.67. The third-order valence-corrected chi connectivity index (χ3v) is 6.25. The molecule has 0 bridgehead atoms. The van der Waals surface area contributed by atoms with Crippen LogP contribution in [-0.2, 0) is 13.6 Å². The molecule has 6 nitrogen and oxygen atoms in total. The number of nitrogens with zero attached hydrogens (tertiary/aromatic N) is 4. The molecule has 3 aliphatic rings. The Morgan fingerprint density at radius 1 is 1.00 bits per heavy atom. The van der Waals surface area contributed by atoms with Gasteiger partial charge in [-0.25, -0.2) is 4.98 Å². The summed E-state index contributed by atoms with van der Waals surface area (Å²) in [7, 11) is 2.11. The molecule has 4 heterocycles. The van der Waals surface area contributed by atoms with Crippen LogP contribution in [0.1, 0.15) is 5.56 Å². The van der Waals surface area contributed by atoms with Crippen LogP contribution in [0, 0.1) is 0 Å². The fraction of sp³-hybridized carbons (Fsp3) is 0.261. The Bertz CT molecular complexity index is 1270. The molecule has 1 fully saturated rings. The number of anilines is 1. The molecule has 0 radical (unpaired) electrons.